The van der Waals surface area contributed by atoms with Crippen LogP contribution in [0.3, 0.4) is 0 Å². The number of aliphatic carboxylic acids is 1. The van der Waals surface area contributed by atoms with Crippen LogP contribution in [0.5, 0.6) is 0 Å². The van der Waals surface area contributed by atoms with Gasteiger partial charge in [-0.3, -0.25) is 9.59 Å². The SMILES string of the molecule is CC(=O)N[C@H]1[C@H](OCCCCCN)O[C@@H](CO)[C@H](O[C@@H]2O[C@H](CO)[C@H](O[C@@]3(C(=O)O)C[C@H](O)[C@@H](NC(C)=O)[C@H]([C@H](O)[C@H](O)CO)O3)[C@H](O)[C@H]2O)[C@@H]1O. The number of carbonyl (C=O) groups excluding carboxylic acids is 2. The fourth-order valence-corrected chi connectivity index (χ4v) is 6.32. The first-order valence-corrected chi connectivity index (χ1v) is 16.9. The molecular formula is C30H53N3O19. The summed E-state index contributed by atoms with van der Waals surface area (Å²) in [7, 11) is 0. The van der Waals surface area contributed by atoms with Crippen molar-refractivity contribution in [2.75, 3.05) is 33.0 Å². The third-order valence-electron chi connectivity index (χ3n) is 8.98. The minimum Gasteiger partial charge on any atom is -0.477 e. The lowest BCUT2D eigenvalue weighted by Gasteiger charge is -2.50. The standard InChI is InChI=1S/C30H53N3O19/c1-12(37)32-18-14(39)8-30(29(45)46,52-26(18)20(41)15(40)9-34)51-25-17(11-36)49-28(23(44)22(25)43)50-24-16(10-35)48-27(47-7-5-3-4-6-31)19(21(24)42)33-13(2)38/h14-28,34-36,39-44H,3-11,31H2,1-2H3,(H,32,37)(H,33,38)(H,45,46)/t14-,15+,16-,17+,18+,19+,20+,21+,22+,23+,24-,25-,26+,27+,28-,30-/m0/s1. The number of rotatable bonds is 18. The number of carboxylic acid groups (broad SMARTS) is 1. The van der Waals surface area contributed by atoms with Crippen LogP contribution in [-0.2, 0) is 42.8 Å². The van der Waals surface area contributed by atoms with Crippen LogP contribution >= 0.6 is 0 Å². The van der Waals surface area contributed by atoms with E-state index < -0.39 is 142 Å². The van der Waals surface area contributed by atoms with Gasteiger partial charge in [0.1, 0.15) is 67.1 Å². The maximum atomic E-state index is 12.7. The number of hydrogen-bond donors (Lipinski definition) is 13. The van der Waals surface area contributed by atoms with Crippen molar-refractivity contribution in [1.82, 2.24) is 10.6 Å². The zero-order valence-electron chi connectivity index (χ0n) is 28.7. The summed E-state index contributed by atoms with van der Waals surface area (Å²) >= 11 is 0. The van der Waals surface area contributed by atoms with Crippen molar-refractivity contribution in [3.05, 3.63) is 0 Å². The molecule has 22 nitrogen and oxygen atoms in total. The Kier molecular flexibility index (Phi) is 16.9. The zero-order chi connectivity index (χ0) is 38.9. The van der Waals surface area contributed by atoms with E-state index in [1.54, 1.807) is 0 Å². The molecule has 0 saturated carbocycles. The van der Waals surface area contributed by atoms with Gasteiger partial charge in [-0.25, -0.2) is 4.79 Å². The van der Waals surface area contributed by atoms with Crippen molar-refractivity contribution < 1.29 is 93.9 Å². The quantitative estimate of drug-likeness (QED) is 0.0577. The number of carboxylic acids is 1. The van der Waals surface area contributed by atoms with Crippen LogP contribution in [0, 0.1) is 0 Å². The summed E-state index contributed by atoms with van der Waals surface area (Å²) in [6, 6.07) is -2.78. The minimum absolute atomic E-state index is 0.154. The van der Waals surface area contributed by atoms with Crippen LogP contribution in [0.1, 0.15) is 39.5 Å². The number of amides is 2. The number of nitrogens with one attached hydrogen (secondary N) is 2. The molecule has 2 amide bonds. The molecule has 22 heteroatoms. The van der Waals surface area contributed by atoms with Crippen molar-refractivity contribution >= 4 is 17.8 Å². The summed E-state index contributed by atoms with van der Waals surface area (Å²) in [5.74, 6) is -6.24. The molecular weight excluding hydrogens is 706 g/mol. The highest BCUT2D eigenvalue weighted by Crippen LogP contribution is 2.38. The van der Waals surface area contributed by atoms with Gasteiger partial charge in [-0.15, -0.1) is 0 Å². The fraction of sp³-hybridized carbons (Fsp3) is 0.900. The lowest BCUT2D eigenvalue weighted by molar-refractivity contribution is -0.381. The van der Waals surface area contributed by atoms with Crippen LogP contribution in [0.15, 0.2) is 0 Å². The Labute approximate surface area is 298 Å². The van der Waals surface area contributed by atoms with Crippen molar-refractivity contribution in [2.24, 2.45) is 5.73 Å². The van der Waals surface area contributed by atoms with E-state index in [0.717, 1.165) is 19.8 Å². The first-order chi connectivity index (χ1) is 24.5. The number of unbranched alkanes of at least 4 members (excludes halogenated alkanes) is 2. The molecule has 3 rings (SSSR count). The molecule has 3 fully saturated rings. The molecule has 16 atom stereocenters. The Bertz CT molecular complexity index is 1160. The highest BCUT2D eigenvalue weighted by Gasteiger charge is 2.60. The second-order valence-electron chi connectivity index (χ2n) is 12.9. The van der Waals surface area contributed by atoms with Gasteiger partial charge in [0, 0.05) is 26.9 Å². The van der Waals surface area contributed by atoms with E-state index in [1.807, 2.05) is 0 Å². The van der Waals surface area contributed by atoms with E-state index in [4.69, 9.17) is 34.2 Å². The molecule has 0 aromatic heterocycles. The Morgan fingerprint density at radius 2 is 1.44 bits per heavy atom. The second kappa shape index (κ2) is 19.9. The number of aliphatic hydroxyl groups is 9. The first kappa shape index (κ1) is 44.2. The van der Waals surface area contributed by atoms with Crippen molar-refractivity contribution in [3.63, 3.8) is 0 Å². The number of aliphatic hydroxyl groups excluding tert-OH is 9. The molecule has 3 aliphatic rings. The van der Waals surface area contributed by atoms with Gasteiger partial charge < -0.3 is 95.9 Å². The molecule has 3 saturated heterocycles. The Morgan fingerprint density at radius 3 is 2.00 bits per heavy atom. The van der Waals surface area contributed by atoms with Crippen LogP contribution in [0.2, 0.25) is 0 Å². The van der Waals surface area contributed by atoms with Crippen molar-refractivity contribution in [1.29, 1.82) is 0 Å². The van der Waals surface area contributed by atoms with E-state index in [0.29, 0.717) is 13.0 Å². The van der Waals surface area contributed by atoms with E-state index in [1.165, 1.54) is 6.92 Å². The summed E-state index contributed by atoms with van der Waals surface area (Å²) in [6.07, 6.45) is -22.4. The molecule has 14 N–H and O–H groups in total. The largest absolute Gasteiger partial charge is 0.477 e. The highest BCUT2D eigenvalue weighted by atomic mass is 16.8. The van der Waals surface area contributed by atoms with Gasteiger partial charge in [0.15, 0.2) is 12.6 Å². The van der Waals surface area contributed by atoms with Crippen molar-refractivity contribution in [2.45, 2.75) is 137 Å². The van der Waals surface area contributed by atoms with E-state index in [9.17, 15) is 65.4 Å². The first-order valence-electron chi connectivity index (χ1n) is 16.9. The number of ether oxygens (including phenoxy) is 6. The van der Waals surface area contributed by atoms with Crippen LogP contribution in [0.25, 0.3) is 0 Å². The molecule has 0 spiro atoms. The Hall–Kier alpha value is -2.23. The van der Waals surface area contributed by atoms with Gasteiger partial charge in [-0.05, 0) is 25.8 Å². The fourth-order valence-electron chi connectivity index (χ4n) is 6.32. The highest BCUT2D eigenvalue weighted by molar-refractivity contribution is 5.76. The third-order valence-corrected chi connectivity index (χ3v) is 8.98. The minimum atomic E-state index is -2.98. The average molecular weight is 760 g/mol. The van der Waals surface area contributed by atoms with Crippen LogP contribution in [-0.4, -0.2) is 199 Å². The third kappa shape index (κ3) is 10.5. The predicted octanol–water partition coefficient (Wildman–Crippen LogP) is -6.93. The van der Waals surface area contributed by atoms with Gasteiger partial charge in [-0.2, -0.15) is 0 Å². The van der Waals surface area contributed by atoms with Gasteiger partial charge in [-0.1, -0.05) is 0 Å². The predicted molar refractivity (Wildman–Crippen MR) is 168 cm³/mol. The lowest BCUT2D eigenvalue weighted by atomic mass is 9.88. The summed E-state index contributed by atoms with van der Waals surface area (Å²) in [6.45, 7) is 0.0405. The lowest BCUT2D eigenvalue weighted by Crippen LogP contribution is -2.71. The molecule has 0 aromatic rings. The summed E-state index contributed by atoms with van der Waals surface area (Å²) in [5, 5.41) is 110. The smallest absolute Gasteiger partial charge is 0.364 e. The molecule has 302 valence electrons. The molecule has 3 heterocycles. The van der Waals surface area contributed by atoms with E-state index in [2.05, 4.69) is 10.6 Å². The molecule has 52 heavy (non-hydrogen) atoms. The zero-order valence-corrected chi connectivity index (χ0v) is 28.7. The molecule has 0 unspecified atom stereocenters. The topological polar surface area (TPSA) is 359 Å². The Morgan fingerprint density at radius 1 is 0.846 bits per heavy atom. The molecule has 0 radical (unpaired) electrons. The Balaban J connectivity index is 1.84. The number of nitrogens with two attached hydrogens (primary N) is 1. The second-order valence-corrected chi connectivity index (χ2v) is 12.9. The van der Waals surface area contributed by atoms with Crippen LogP contribution in [0.4, 0.5) is 0 Å². The van der Waals surface area contributed by atoms with E-state index >= 15 is 0 Å². The maximum Gasteiger partial charge on any atom is 0.364 e. The van der Waals surface area contributed by atoms with Gasteiger partial charge in [0.05, 0.1) is 32.0 Å². The summed E-state index contributed by atoms with van der Waals surface area (Å²) in [4.78, 5) is 36.5. The molecule has 0 bridgehead atoms. The molecule has 0 aliphatic carbocycles. The molecule has 3 aliphatic heterocycles. The van der Waals surface area contributed by atoms with Gasteiger partial charge >= 0.3 is 5.97 Å². The van der Waals surface area contributed by atoms with Crippen molar-refractivity contribution in [3.8, 4) is 0 Å². The molecule has 0 aromatic carbocycles. The maximum absolute atomic E-state index is 12.7. The number of carbonyl (C=O) groups is 3. The monoisotopic (exact) mass is 759 g/mol. The van der Waals surface area contributed by atoms with Crippen LogP contribution < -0.4 is 16.4 Å². The number of hydrogen-bond acceptors (Lipinski definition) is 19. The summed E-state index contributed by atoms with van der Waals surface area (Å²) in [5.41, 5.74) is 5.51. The van der Waals surface area contributed by atoms with Gasteiger partial charge in [0.25, 0.3) is 5.79 Å². The van der Waals surface area contributed by atoms with Gasteiger partial charge in [0.2, 0.25) is 11.8 Å². The average Bonchev–Trinajstić information content (AvgIpc) is 3.09. The van der Waals surface area contributed by atoms with E-state index in [-0.39, 0.29) is 6.61 Å². The summed E-state index contributed by atoms with van der Waals surface area (Å²) < 4.78 is 34.2. The normalized spacial score (nSPS) is 39.3.